The van der Waals surface area contributed by atoms with Crippen molar-refractivity contribution in [2.24, 2.45) is 11.3 Å². The molecule has 0 heterocycles. The van der Waals surface area contributed by atoms with Gasteiger partial charge in [-0.3, -0.25) is 9.59 Å². The molecule has 1 rings (SSSR count). The van der Waals surface area contributed by atoms with Crippen LogP contribution in [-0.2, 0) is 14.3 Å². The first-order valence-corrected chi connectivity index (χ1v) is 5.27. The second-order valence-electron chi connectivity index (χ2n) is 4.37. The van der Waals surface area contributed by atoms with Gasteiger partial charge in [0.05, 0.1) is 7.11 Å². The van der Waals surface area contributed by atoms with Crippen LogP contribution in [0.25, 0.3) is 0 Å². The third-order valence-corrected chi connectivity index (χ3v) is 3.11. The number of Topliss-reactive ketones (excluding diaryl/α,β-unsaturated/α-hetero) is 1. The topological polar surface area (TPSA) is 43.4 Å². The van der Waals surface area contributed by atoms with Crippen molar-refractivity contribution >= 4 is 11.8 Å². The van der Waals surface area contributed by atoms with Crippen molar-refractivity contribution in [3.63, 3.8) is 0 Å². The van der Waals surface area contributed by atoms with Crippen LogP contribution in [0.4, 0.5) is 0 Å². The third-order valence-electron chi connectivity index (χ3n) is 3.11. The zero-order chi connectivity index (χ0) is 11.6. The van der Waals surface area contributed by atoms with Gasteiger partial charge in [0.1, 0.15) is 5.41 Å². The van der Waals surface area contributed by atoms with Crippen molar-refractivity contribution in [3.8, 4) is 0 Å². The number of hydrogen-bond donors (Lipinski definition) is 0. The van der Waals surface area contributed by atoms with Crippen LogP contribution in [0.5, 0.6) is 0 Å². The molecule has 84 valence electrons. The first-order valence-electron chi connectivity index (χ1n) is 5.27. The van der Waals surface area contributed by atoms with Gasteiger partial charge in [-0.05, 0) is 19.3 Å². The maximum absolute atomic E-state index is 12.1. The Kier molecular flexibility index (Phi) is 3.32. The first-order chi connectivity index (χ1) is 6.96. The van der Waals surface area contributed by atoms with Gasteiger partial charge in [0.25, 0.3) is 0 Å². The molecule has 0 aromatic heterocycles. The molecule has 1 fully saturated rings. The van der Waals surface area contributed by atoms with Crippen LogP contribution in [0, 0.1) is 11.3 Å². The Labute approximate surface area is 90.5 Å². The van der Waals surface area contributed by atoms with Crippen LogP contribution in [0.1, 0.15) is 33.1 Å². The molecule has 0 saturated heterocycles. The Morgan fingerprint density at radius 1 is 1.47 bits per heavy atom. The SMILES string of the molecule is C=C1CCCC1(C(=O)OC)C(=O)C(C)C. The monoisotopic (exact) mass is 210 g/mol. The Balaban J connectivity index is 3.13. The molecule has 0 aromatic carbocycles. The molecular weight excluding hydrogens is 192 g/mol. The number of esters is 1. The summed E-state index contributed by atoms with van der Waals surface area (Å²) in [7, 11) is 1.32. The number of rotatable bonds is 3. The van der Waals surface area contributed by atoms with E-state index in [-0.39, 0.29) is 11.7 Å². The third kappa shape index (κ3) is 1.71. The van der Waals surface area contributed by atoms with Crippen molar-refractivity contribution in [2.75, 3.05) is 7.11 Å². The smallest absolute Gasteiger partial charge is 0.323 e. The number of ether oxygens (including phenoxy) is 1. The summed E-state index contributed by atoms with van der Waals surface area (Å²) in [5.74, 6) is -0.667. The molecule has 1 atom stereocenters. The molecule has 0 N–H and O–H groups in total. The number of methoxy groups -OCH3 is 1. The average molecular weight is 210 g/mol. The number of carbonyl (C=O) groups excluding carboxylic acids is 2. The van der Waals surface area contributed by atoms with Gasteiger partial charge in [-0.15, -0.1) is 0 Å². The van der Waals surface area contributed by atoms with E-state index in [9.17, 15) is 9.59 Å². The maximum atomic E-state index is 12.1. The highest BCUT2D eigenvalue weighted by molar-refractivity contribution is 6.08. The lowest BCUT2D eigenvalue weighted by atomic mass is 9.75. The lowest BCUT2D eigenvalue weighted by Crippen LogP contribution is -2.41. The summed E-state index contributed by atoms with van der Waals surface area (Å²) in [6.45, 7) is 7.47. The Morgan fingerprint density at radius 2 is 2.07 bits per heavy atom. The summed E-state index contributed by atoms with van der Waals surface area (Å²) in [6, 6.07) is 0. The lowest BCUT2D eigenvalue weighted by Gasteiger charge is -2.27. The predicted octanol–water partition coefficient (Wildman–Crippen LogP) is 2.11. The average Bonchev–Trinajstić information content (AvgIpc) is 2.58. The summed E-state index contributed by atoms with van der Waals surface area (Å²) in [5.41, 5.74) is -0.337. The number of hydrogen-bond acceptors (Lipinski definition) is 3. The molecule has 0 amide bonds. The zero-order valence-corrected chi connectivity index (χ0v) is 9.63. The molecule has 0 bridgehead atoms. The molecule has 0 aliphatic heterocycles. The number of ketones is 1. The predicted molar refractivity (Wildman–Crippen MR) is 57.3 cm³/mol. The van der Waals surface area contributed by atoms with Gasteiger partial charge in [-0.25, -0.2) is 0 Å². The molecule has 1 unspecified atom stereocenters. The van der Waals surface area contributed by atoms with Gasteiger partial charge in [0, 0.05) is 5.92 Å². The van der Waals surface area contributed by atoms with Crippen molar-refractivity contribution in [1.82, 2.24) is 0 Å². The number of carbonyl (C=O) groups is 2. The summed E-state index contributed by atoms with van der Waals surface area (Å²) >= 11 is 0. The molecule has 3 heteroatoms. The standard InChI is InChI=1S/C12H18O3/c1-8(2)10(13)12(11(14)15-4)7-5-6-9(12)3/h8H,3,5-7H2,1-2,4H3. The van der Waals surface area contributed by atoms with Crippen LogP contribution < -0.4 is 0 Å². The molecular formula is C12H18O3. The molecule has 0 spiro atoms. The largest absolute Gasteiger partial charge is 0.468 e. The van der Waals surface area contributed by atoms with Gasteiger partial charge in [0.2, 0.25) is 0 Å². The summed E-state index contributed by atoms with van der Waals surface area (Å²) in [4.78, 5) is 23.9. The van der Waals surface area contributed by atoms with Crippen LogP contribution in [0.15, 0.2) is 12.2 Å². The van der Waals surface area contributed by atoms with Gasteiger partial charge in [-0.1, -0.05) is 26.0 Å². The van der Waals surface area contributed by atoms with Gasteiger partial charge >= 0.3 is 5.97 Å². The van der Waals surface area contributed by atoms with Gasteiger partial charge in [0.15, 0.2) is 5.78 Å². The normalized spacial score (nSPS) is 25.7. The quantitative estimate of drug-likeness (QED) is 0.407. The molecule has 15 heavy (non-hydrogen) atoms. The van der Waals surface area contributed by atoms with E-state index in [4.69, 9.17) is 4.74 Å². The van der Waals surface area contributed by atoms with Crippen molar-refractivity contribution in [2.45, 2.75) is 33.1 Å². The van der Waals surface area contributed by atoms with E-state index in [2.05, 4.69) is 6.58 Å². The van der Waals surface area contributed by atoms with E-state index in [1.165, 1.54) is 7.11 Å². The fourth-order valence-electron chi connectivity index (χ4n) is 2.27. The van der Waals surface area contributed by atoms with Crippen LogP contribution in [0.2, 0.25) is 0 Å². The van der Waals surface area contributed by atoms with Gasteiger partial charge < -0.3 is 4.74 Å². The van der Waals surface area contributed by atoms with E-state index < -0.39 is 11.4 Å². The van der Waals surface area contributed by atoms with E-state index in [0.29, 0.717) is 12.0 Å². The first kappa shape index (κ1) is 12.0. The lowest BCUT2D eigenvalue weighted by molar-refractivity contribution is -0.156. The zero-order valence-electron chi connectivity index (χ0n) is 9.63. The van der Waals surface area contributed by atoms with E-state index in [1.54, 1.807) is 13.8 Å². The van der Waals surface area contributed by atoms with Gasteiger partial charge in [-0.2, -0.15) is 0 Å². The summed E-state index contributed by atoms with van der Waals surface area (Å²) in [5, 5.41) is 0. The molecule has 1 aliphatic carbocycles. The summed E-state index contributed by atoms with van der Waals surface area (Å²) < 4.78 is 4.76. The molecule has 1 saturated carbocycles. The fourth-order valence-corrected chi connectivity index (χ4v) is 2.27. The minimum Gasteiger partial charge on any atom is -0.468 e. The van der Waals surface area contributed by atoms with E-state index >= 15 is 0 Å². The maximum Gasteiger partial charge on any atom is 0.323 e. The van der Waals surface area contributed by atoms with Crippen LogP contribution in [0.3, 0.4) is 0 Å². The minimum absolute atomic E-state index is 0.0585. The van der Waals surface area contributed by atoms with Crippen LogP contribution in [-0.4, -0.2) is 18.9 Å². The van der Waals surface area contributed by atoms with Crippen molar-refractivity contribution in [1.29, 1.82) is 0 Å². The van der Waals surface area contributed by atoms with E-state index in [0.717, 1.165) is 12.8 Å². The van der Waals surface area contributed by atoms with E-state index in [1.807, 2.05) is 0 Å². The van der Waals surface area contributed by atoms with Crippen molar-refractivity contribution in [3.05, 3.63) is 12.2 Å². The Morgan fingerprint density at radius 3 is 2.40 bits per heavy atom. The fraction of sp³-hybridized carbons (Fsp3) is 0.667. The molecule has 0 radical (unpaired) electrons. The summed E-state index contributed by atoms with van der Waals surface area (Å²) in [6.07, 6.45) is 2.13. The minimum atomic E-state index is -1.05. The molecule has 3 nitrogen and oxygen atoms in total. The Bertz CT molecular complexity index is 304. The molecule has 0 aromatic rings. The Hall–Kier alpha value is -1.12. The molecule has 1 aliphatic rings. The highest BCUT2D eigenvalue weighted by atomic mass is 16.5. The second kappa shape index (κ2) is 4.17. The highest BCUT2D eigenvalue weighted by Crippen LogP contribution is 2.45. The second-order valence-corrected chi connectivity index (χ2v) is 4.37. The van der Waals surface area contributed by atoms with Crippen LogP contribution >= 0.6 is 0 Å². The van der Waals surface area contributed by atoms with Crippen molar-refractivity contribution < 1.29 is 14.3 Å². The highest BCUT2D eigenvalue weighted by Gasteiger charge is 2.51.